The smallest absolute Gasteiger partial charge is 0.246 e. The Morgan fingerprint density at radius 1 is 1.39 bits per heavy atom. The highest BCUT2D eigenvalue weighted by atomic mass is 16.5. The molecular weight excluding hydrogens is 226 g/mol. The summed E-state index contributed by atoms with van der Waals surface area (Å²) in [5, 5.41) is 9.94. The van der Waals surface area contributed by atoms with Crippen molar-refractivity contribution < 1.29 is 9.15 Å². The summed E-state index contributed by atoms with van der Waals surface area (Å²) in [6, 6.07) is 9.61. The Morgan fingerprint density at radius 3 is 2.89 bits per heavy atom. The van der Waals surface area contributed by atoms with Crippen LogP contribution in [0, 0.1) is 17.2 Å². The molecule has 0 radical (unpaired) electrons. The number of hydrogen-bond acceptors (Lipinski definition) is 3. The summed E-state index contributed by atoms with van der Waals surface area (Å²) in [5.41, 5.74) is 0.701. The number of hydrogen-bond donors (Lipinski definition) is 0. The van der Waals surface area contributed by atoms with Crippen molar-refractivity contribution >= 4 is 11.0 Å². The Kier molecular flexibility index (Phi) is 3.88. The zero-order chi connectivity index (χ0) is 13.0. The van der Waals surface area contributed by atoms with Crippen LogP contribution < -0.4 is 4.74 Å². The first-order valence-electron chi connectivity index (χ1n) is 6.30. The van der Waals surface area contributed by atoms with E-state index in [-0.39, 0.29) is 5.76 Å². The highest BCUT2D eigenvalue weighted by molar-refractivity contribution is 5.86. The maximum absolute atomic E-state index is 9.06. The number of furan rings is 1. The van der Waals surface area contributed by atoms with Gasteiger partial charge in [-0.25, -0.2) is 0 Å². The van der Waals surface area contributed by atoms with E-state index >= 15 is 0 Å². The van der Waals surface area contributed by atoms with Gasteiger partial charge in [0, 0.05) is 0 Å². The van der Waals surface area contributed by atoms with E-state index in [0.29, 0.717) is 23.9 Å². The summed E-state index contributed by atoms with van der Waals surface area (Å²) in [7, 11) is 0. The van der Waals surface area contributed by atoms with Crippen molar-refractivity contribution in [3.63, 3.8) is 0 Å². The normalized spacial score (nSPS) is 12.3. The van der Waals surface area contributed by atoms with Gasteiger partial charge in [-0.1, -0.05) is 32.4 Å². The lowest BCUT2D eigenvalue weighted by atomic mass is 10.1. The number of benzene rings is 1. The Bertz CT molecular complexity index is 565. The fraction of sp³-hybridized carbons (Fsp3) is 0.400. The lowest BCUT2D eigenvalue weighted by Crippen LogP contribution is -2.08. The molecule has 0 N–H and O–H groups in total. The molecule has 2 aromatic rings. The molecule has 1 aromatic carbocycles. The van der Waals surface area contributed by atoms with Crippen LogP contribution in [0.3, 0.4) is 0 Å². The van der Waals surface area contributed by atoms with Gasteiger partial charge < -0.3 is 9.15 Å². The predicted octanol–water partition coefficient (Wildman–Crippen LogP) is 4.12. The zero-order valence-electron chi connectivity index (χ0n) is 10.8. The van der Waals surface area contributed by atoms with Gasteiger partial charge in [0.2, 0.25) is 5.76 Å². The molecule has 3 heteroatoms. The Morgan fingerprint density at radius 2 is 2.17 bits per heavy atom. The molecule has 1 heterocycles. The molecule has 0 fully saturated rings. The quantitative estimate of drug-likeness (QED) is 0.793. The Balaban J connectivity index is 2.23. The highest BCUT2D eigenvalue weighted by Crippen LogP contribution is 2.32. The fourth-order valence-corrected chi connectivity index (χ4v) is 2.04. The molecule has 94 valence electrons. The third-order valence-corrected chi connectivity index (χ3v) is 2.95. The van der Waals surface area contributed by atoms with Crippen molar-refractivity contribution in [2.75, 3.05) is 6.61 Å². The topological polar surface area (TPSA) is 46.2 Å². The van der Waals surface area contributed by atoms with Crippen LogP contribution in [-0.4, -0.2) is 6.61 Å². The Hall–Kier alpha value is -1.95. The molecule has 0 aliphatic carbocycles. The van der Waals surface area contributed by atoms with Crippen LogP contribution in [0.4, 0.5) is 0 Å². The van der Waals surface area contributed by atoms with E-state index in [9.17, 15) is 0 Å². The maximum Gasteiger partial charge on any atom is 0.246 e. The molecule has 1 unspecified atom stereocenters. The van der Waals surface area contributed by atoms with Crippen LogP contribution in [0.1, 0.15) is 32.4 Å². The van der Waals surface area contributed by atoms with Gasteiger partial charge in [-0.3, -0.25) is 0 Å². The molecule has 1 aromatic heterocycles. The van der Waals surface area contributed by atoms with Crippen LogP contribution in [0.15, 0.2) is 28.7 Å². The number of ether oxygens (including phenoxy) is 1. The standard InChI is InChI=1S/C15H17NO2/c1-3-6-11(2)10-17-15-12-7-4-5-8-13(12)18-14(15)9-16/h4-5,7-8,11H,3,6,10H2,1-2H3. The fourth-order valence-electron chi connectivity index (χ4n) is 2.04. The van der Waals surface area contributed by atoms with E-state index in [1.165, 1.54) is 0 Å². The summed E-state index contributed by atoms with van der Waals surface area (Å²) >= 11 is 0. The third kappa shape index (κ3) is 2.48. The van der Waals surface area contributed by atoms with Crippen molar-refractivity contribution in [2.45, 2.75) is 26.7 Å². The highest BCUT2D eigenvalue weighted by Gasteiger charge is 2.15. The summed E-state index contributed by atoms with van der Waals surface area (Å²) < 4.78 is 11.2. The molecule has 0 amide bonds. The van der Waals surface area contributed by atoms with Gasteiger partial charge in [-0.15, -0.1) is 0 Å². The van der Waals surface area contributed by atoms with Crippen molar-refractivity contribution in [3.05, 3.63) is 30.0 Å². The van der Waals surface area contributed by atoms with Crippen LogP contribution >= 0.6 is 0 Å². The molecule has 1 atom stereocenters. The molecule has 0 spiro atoms. The molecule has 0 saturated heterocycles. The molecule has 3 nitrogen and oxygen atoms in total. The summed E-state index contributed by atoms with van der Waals surface area (Å²) in [6.45, 7) is 4.92. The minimum Gasteiger partial charge on any atom is -0.488 e. The first kappa shape index (κ1) is 12.5. The molecule has 0 bridgehead atoms. The number of nitriles is 1. The van der Waals surface area contributed by atoms with Gasteiger partial charge in [0.25, 0.3) is 0 Å². The SMILES string of the molecule is CCCC(C)COc1c(C#N)oc2ccccc12. The van der Waals surface area contributed by atoms with Crippen LogP contribution in [0.2, 0.25) is 0 Å². The first-order chi connectivity index (χ1) is 8.76. The van der Waals surface area contributed by atoms with E-state index in [1.807, 2.05) is 30.3 Å². The molecule has 2 rings (SSSR count). The van der Waals surface area contributed by atoms with Gasteiger partial charge in [0.05, 0.1) is 12.0 Å². The minimum absolute atomic E-state index is 0.264. The van der Waals surface area contributed by atoms with E-state index in [0.717, 1.165) is 18.2 Å². The third-order valence-electron chi connectivity index (χ3n) is 2.95. The molecule has 0 aliphatic rings. The lowest BCUT2D eigenvalue weighted by Gasteiger charge is -2.11. The van der Waals surface area contributed by atoms with Gasteiger partial charge in [-0.2, -0.15) is 5.26 Å². The number of para-hydroxylation sites is 1. The largest absolute Gasteiger partial charge is 0.488 e. The average molecular weight is 243 g/mol. The Labute approximate surface area is 107 Å². The second-order valence-electron chi connectivity index (χ2n) is 4.57. The van der Waals surface area contributed by atoms with Crippen LogP contribution in [0.5, 0.6) is 5.75 Å². The summed E-state index contributed by atoms with van der Waals surface area (Å²) in [6.07, 6.45) is 2.26. The van der Waals surface area contributed by atoms with Gasteiger partial charge in [-0.05, 0) is 24.5 Å². The van der Waals surface area contributed by atoms with Crippen molar-refractivity contribution in [1.82, 2.24) is 0 Å². The molecule has 18 heavy (non-hydrogen) atoms. The average Bonchev–Trinajstić information content (AvgIpc) is 2.74. The maximum atomic E-state index is 9.06. The van der Waals surface area contributed by atoms with E-state index in [2.05, 4.69) is 13.8 Å². The number of rotatable bonds is 5. The molecule has 0 aliphatic heterocycles. The van der Waals surface area contributed by atoms with Crippen molar-refractivity contribution in [3.8, 4) is 11.8 Å². The van der Waals surface area contributed by atoms with Crippen LogP contribution in [-0.2, 0) is 0 Å². The second-order valence-corrected chi connectivity index (χ2v) is 4.57. The van der Waals surface area contributed by atoms with Crippen molar-refractivity contribution in [1.29, 1.82) is 5.26 Å². The first-order valence-corrected chi connectivity index (χ1v) is 6.30. The minimum atomic E-state index is 0.264. The van der Waals surface area contributed by atoms with E-state index in [4.69, 9.17) is 14.4 Å². The summed E-state index contributed by atoms with van der Waals surface area (Å²) in [4.78, 5) is 0. The monoisotopic (exact) mass is 243 g/mol. The van der Waals surface area contributed by atoms with E-state index in [1.54, 1.807) is 0 Å². The lowest BCUT2D eigenvalue weighted by molar-refractivity contribution is 0.250. The van der Waals surface area contributed by atoms with Gasteiger partial charge >= 0.3 is 0 Å². The predicted molar refractivity (Wildman–Crippen MR) is 70.5 cm³/mol. The zero-order valence-corrected chi connectivity index (χ0v) is 10.8. The van der Waals surface area contributed by atoms with Gasteiger partial charge in [0.1, 0.15) is 11.7 Å². The second kappa shape index (κ2) is 5.59. The summed E-state index contributed by atoms with van der Waals surface area (Å²) in [5.74, 6) is 1.33. The number of nitrogens with zero attached hydrogens (tertiary/aromatic N) is 1. The van der Waals surface area contributed by atoms with E-state index < -0.39 is 0 Å². The molecular formula is C15H17NO2. The van der Waals surface area contributed by atoms with Crippen LogP contribution in [0.25, 0.3) is 11.0 Å². The van der Waals surface area contributed by atoms with Gasteiger partial charge in [0.15, 0.2) is 5.75 Å². The number of fused-ring (bicyclic) bond motifs is 1. The van der Waals surface area contributed by atoms with Crippen molar-refractivity contribution in [2.24, 2.45) is 5.92 Å². The molecule has 0 saturated carbocycles.